The van der Waals surface area contributed by atoms with Crippen LogP contribution in [0.25, 0.3) is 0 Å². The first kappa shape index (κ1) is 16.8. The highest BCUT2D eigenvalue weighted by atomic mass is 32.2. The number of urea groups is 1. The second-order valence-corrected chi connectivity index (χ2v) is 5.70. The third-order valence-corrected chi connectivity index (χ3v) is 4.15. The van der Waals surface area contributed by atoms with E-state index in [9.17, 15) is 23.0 Å². The molecule has 0 heterocycles. The number of carbonyl (C=O) groups excluding carboxylic acids is 2. The Balaban J connectivity index is 3.02. The molecule has 1 aromatic rings. The summed E-state index contributed by atoms with van der Waals surface area (Å²) in [6, 6.07) is 1.99. The molecule has 3 N–H and O–H groups in total. The van der Waals surface area contributed by atoms with E-state index in [1.807, 2.05) is 5.32 Å². The highest BCUT2D eigenvalue weighted by Crippen LogP contribution is 2.18. The fourth-order valence-electron chi connectivity index (χ4n) is 1.35. The van der Waals surface area contributed by atoms with Crippen LogP contribution in [0.1, 0.15) is 17.3 Å². The van der Waals surface area contributed by atoms with E-state index in [-0.39, 0.29) is 5.56 Å². The zero-order chi connectivity index (χ0) is 16.2. The van der Waals surface area contributed by atoms with Gasteiger partial charge in [-0.05, 0) is 25.1 Å². The SMILES string of the molecule is CNC(=O)NC(=O)C(C)S(=O)c1cc(C(=O)O)ccc1F. The van der Waals surface area contributed by atoms with E-state index in [1.54, 1.807) is 0 Å². The second kappa shape index (κ2) is 6.93. The molecule has 21 heavy (non-hydrogen) atoms. The predicted molar refractivity (Wildman–Crippen MR) is 71.8 cm³/mol. The number of aromatic carboxylic acids is 1. The summed E-state index contributed by atoms with van der Waals surface area (Å²) < 4.78 is 25.8. The highest BCUT2D eigenvalue weighted by molar-refractivity contribution is 7.86. The van der Waals surface area contributed by atoms with Crippen LogP contribution in [0.3, 0.4) is 0 Å². The maximum Gasteiger partial charge on any atom is 0.335 e. The van der Waals surface area contributed by atoms with Gasteiger partial charge in [0, 0.05) is 7.05 Å². The lowest BCUT2D eigenvalue weighted by atomic mass is 10.2. The number of carboxylic acids is 1. The van der Waals surface area contributed by atoms with Gasteiger partial charge in [0.05, 0.1) is 21.3 Å². The molecule has 0 spiro atoms. The molecule has 0 bridgehead atoms. The molecule has 0 saturated carbocycles. The second-order valence-electron chi connectivity index (χ2n) is 3.96. The van der Waals surface area contributed by atoms with Gasteiger partial charge in [-0.15, -0.1) is 0 Å². The van der Waals surface area contributed by atoms with Crippen LogP contribution in [0.2, 0.25) is 0 Å². The topological polar surface area (TPSA) is 113 Å². The molecule has 9 heteroatoms. The van der Waals surface area contributed by atoms with Gasteiger partial charge < -0.3 is 10.4 Å². The maximum absolute atomic E-state index is 13.6. The largest absolute Gasteiger partial charge is 0.478 e. The van der Waals surface area contributed by atoms with Crippen LogP contribution < -0.4 is 10.6 Å². The van der Waals surface area contributed by atoms with E-state index in [1.165, 1.54) is 14.0 Å². The number of nitrogens with one attached hydrogen (secondary N) is 2. The molecule has 7 nitrogen and oxygen atoms in total. The molecule has 0 fully saturated rings. The molecule has 1 rings (SSSR count). The zero-order valence-electron chi connectivity index (χ0n) is 11.2. The first-order chi connectivity index (χ1) is 9.77. The molecular weight excluding hydrogens is 303 g/mol. The van der Waals surface area contributed by atoms with Crippen molar-refractivity contribution in [3.8, 4) is 0 Å². The number of benzene rings is 1. The van der Waals surface area contributed by atoms with Crippen LogP contribution in [0, 0.1) is 5.82 Å². The lowest BCUT2D eigenvalue weighted by Crippen LogP contribution is -2.43. The van der Waals surface area contributed by atoms with Crippen LogP contribution in [-0.4, -0.2) is 39.5 Å². The monoisotopic (exact) mass is 316 g/mol. The number of carbonyl (C=O) groups is 3. The fourth-order valence-corrected chi connectivity index (χ4v) is 2.49. The van der Waals surface area contributed by atoms with Crippen LogP contribution in [0.4, 0.5) is 9.18 Å². The quantitative estimate of drug-likeness (QED) is 0.747. The van der Waals surface area contributed by atoms with E-state index in [0.717, 1.165) is 18.2 Å². The van der Waals surface area contributed by atoms with Gasteiger partial charge in [0.25, 0.3) is 0 Å². The highest BCUT2D eigenvalue weighted by Gasteiger charge is 2.25. The lowest BCUT2D eigenvalue weighted by Gasteiger charge is -2.12. The van der Waals surface area contributed by atoms with Crippen LogP contribution in [0.15, 0.2) is 23.1 Å². The molecular formula is C12H13FN2O5S. The molecule has 0 aliphatic carbocycles. The van der Waals surface area contributed by atoms with Crippen LogP contribution in [-0.2, 0) is 15.6 Å². The number of hydrogen-bond acceptors (Lipinski definition) is 4. The van der Waals surface area contributed by atoms with Crippen molar-refractivity contribution < 1.29 is 28.1 Å². The molecule has 2 atom stereocenters. The summed E-state index contributed by atoms with van der Waals surface area (Å²) in [5.41, 5.74) is -0.251. The van der Waals surface area contributed by atoms with Gasteiger partial charge in [0.15, 0.2) is 0 Å². The number of hydrogen-bond donors (Lipinski definition) is 3. The summed E-state index contributed by atoms with van der Waals surface area (Å²) in [5.74, 6) is -3.07. The average Bonchev–Trinajstić information content (AvgIpc) is 2.45. The number of halogens is 1. The maximum atomic E-state index is 13.6. The Morgan fingerprint density at radius 1 is 1.33 bits per heavy atom. The predicted octanol–water partition coefficient (Wildman–Crippen LogP) is 0.476. The average molecular weight is 316 g/mol. The number of rotatable bonds is 4. The van der Waals surface area contributed by atoms with Crippen molar-refractivity contribution in [2.45, 2.75) is 17.1 Å². The Labute approximate surface area is 122 Å². The van der Waals surface area contributed by atoms with Gasteiger partial charge in [-0.1, -0.05) is 0 Å². The third kappa shape index (κ3) is 4.09. The lowest BCUT2D eigenvalue weighted by molar-refractivity contribution is -0.119. The Morgan fingerprint density at radius 3 is 2.48 bits per heavy atom. The molecule has 2 unspecified atom stereocenters. The van der Waals surface area contributed by atoms with E-state index in [2.05, 4.69) is 5.32 Å². The number of imide groups is 1. The molecule has 1 aromatic carbocycles. The van der Waals surface area contributed by atoms with Crippen LogP contribution >= 0.6 is 0 Å². The van der Waals surface area contributed by atoms with Gasteiger partial charge in [0.2, 0.25) is 5.91 Å². The molecule has 3 amide bonds. The van der Waals surface area contributed by atoms with Gasteiger partial charge in [0.1, 0.15) is 11.1 Å². The summed E-state index contributed by atoms with van der Waals surface area (Å²) in [5, 5.41) is 11.7. The molecule has 114 valence electrons. The van der Waals surface area contributed by atoms with Crippen molar-refractivity contribution in [3.05, 3.63) is 29.6 Å². The summed E-state index contributed by atoms with van der Waals surface area (Å²) in [7, 11) is -0.854. The van der Waals surface area contributed by atoms with E-state index in [0.29, 0.717) is 0 Å². The van der Waals surface area contributed by atoms with Gasteiger partial charge >= 0.3 is 12.0 Å². The Kier molecular flexibility index (Phi) is 5.53. The summed E-state index contributed by atoms with van der Waals surface area (Å²) in [6.07, 6.45) is 0. The van der Waals surface area contributed by atoms with Gasteiger partial charge in [-0.25, -0.2) is 14.0 Å². The number of carboxylic acid groups (broad SMARTS) is 1. The molecule has 0 saturated heterocycles. The van der Waals surface area contributed by atoms with Crippen molar-refractivity contribution in [2.75, 3.05) is 7.05 Å². The van der Waals surface area contributed by atoms with Crippen LogP contribution in [0.5, 0.6) is 0 Å². The third-order valence-electron chi connectivity index (χ3n) is 2.55. The van der Waals surface area contributed by atoms with Crippen molar-refractivity contribution in [3.63, 3.8) is 0 Å². The summed E-state index contributed by atoms with van der Waals surface area (Å²) in [4.78, 5) is 33.1. The Bertz CT molecular complexity index is 620. The molecule has 0 radical (unpaired) electrons. The Hall–Kier alpha value is -2.29. The molecule has 0 aliphatic rings. The number of amides is 3. The van der Waals surface area contributed by atoms with Gasteiger partial charge in [-0.3, -0.25) is 14.3 Å². The van der Waals surface area contributed by atoms with E-state index < -0.39 is 44.7 Å². The fraction of sp³-hybridized carbons (Fsp3) is 0.250. The van der Waals surface area contributed by atoms with Crippen molar-refractivity contribution in [1.29, 1.82) is 0 Å². The van der Waals surface area contributed by atoms with E-state index >= 15 is 0 Å². The molecule has 0 aromatic heterocycles. The minimum absolute atomic E-state index is 0.251. The summed E-state index contributed by atoms with van der Waals surface area (Å²) in [6.45, 7) is 1.24. The van der Waals surface area contributed by atoms with Crippen molar-refractivity contribution in [1.82, 2.24) is 10.6 Å². The first-order valence-corrected chi connectivity index (χ1v) is 6.95. The minimum Gasteiger partial charge on any atom is -0.478 e. The summed E-state index contributed by atoms with van der Waals surface area (Å²) >= 11 is 0. The standard InChI is InChI=1S/C12H13FN2O5S/c1-6(10(16)15-12(19)14-2)21(20)9-5-7(11(17)18)3-4-8(9)13/h3-6H,1-2H3,(H,17,18)(H2,14,15,16,19). The molecule has 0 aliphatic heterocycles. The zero-order valence-corrected chi connectivity index (χ0v) is 12.0. The van der Waals surface area contributed by atoms with Crippen molar-refractivity contribution in [2.24, 2.45) is 0 Å². The Morgan fingerprint density at radius 2 is 1.95 bits per heavy atom. The normalized spacial score (nSPS) is 13.1. The van der Waals surface area contributed by atoms with Gasteiger partial charge in [-0.2, -0.15) is 0 Å². The smallest absolute Gasteiger partial charge is 0.335 e. The minimum atomic E-state index is -2.15. The van der Waals surface area contributed by atoms with E-state index in [4.69, 9.17) is 5.11 Å². The van der Waals surface area contributed by atoms with Crippen molar-refractivity contribution >= 4 is 28.7 Å². The first-order valence-electron chi connectivity index (χ1n) is 5.74.